The number of rotatable bonds is 6. The van der Waals surface area contributed by atoms with Gasteiger partial charge in [0.1, 0.15) is 5.82 Å². The van der Waals surface area contributed by atoms with Crippen LogP contribution in [0.25, 0.3) is 0 Å². The fraction of sp³-hybridized carbons (Fsp3) is 0.158. The molecule has 3 N–H and O–H groups in total. The van der Waals surface area contributed by atoms with Gasteiger partial charge in [0.2, 0.25) is 11.8 Å². The fourth-order valence-electron chi connectivity index (χ4n) is 2.15. The molecule has 128 valence electrons. The van der Waals surface area contributed by atoms with E-state index >= 15 is 0 Å². The number of aliphatic hydroxyl groups is 1. The molecule has 0 aliphatic carbocycles. The van der Waals surface area contributed by atoms with Crippen molar-refractivity contribution in [1.82, 2.24) is 5.32 Å². The van der Waals surface area contributed by atoms with E-state index in [1.54, 1.807) is 24.3 Å². The van der Waals surface area contributed by atoms with E-state index in [-0.39, 0.29) is 13.0 Å². The molecule has 0 fully saturated rings. The van der Waals surface area contributed by atoms with Crippen molar-refractivity contribution in [2.24, 2.45) is 0 Å². The number of halogens is 1. The Kier molecular flexibility index (Phi) is 6.26. The first-order chi connectivity index (χ1) is 12.0. The van der Waals surface area contributed by atoms with Crippen LogP contribution in [0.2, 0.25) is 0 Å². The van der Waals surface area contributed by atoms with Crippen LogP contribution in [0.3, 0.4) is 0 Å². The third-order valence-corrected chi connectivity index (χ3v) is 3.37. The lowest BCUT2D eigenvalue weighted by Gasteiger charge is -2.11. The number of amides is 2. The van der Waals surface area contributed by atoms with Gasteiger partial charge in [0.25, 0.3) is 0 Å². The molecule has 0 saturated carbocycles. The van der Waals surface area contributed by atoms with Crippen molar-refractivity contribution in [2.75, 3.05) is 11.9 Å². The maximum atomic E-state index is 13.1. The molecule has 0 saturated heterocycles. The van der Waals surface area contributed by atoms with Gasteiger partial charge in [-0.2, -0.15) is 0 Å². The van der Waals surface area contributed by atoms with Crippen LogP contribution < -0.4 is 10.6 Å². The van der Waals surface area contributed by atoms with Gasteiger partial charge >= 0.3 is 0 Å². The lowest BCUT2D eigenvalue weighted by molar-refractivity contribution is -0.125. The molecule has 25 heavy (non-hydrogen) atoms. The van der Waals surface area contributed by atoms with Gasteiger partial charge in [-0.15, -0.1) is 6.42 Å². The third-order valence-electron chi connectivity index (χ3n) is 3.37. The van der Waals surface area contributed by atoms with Gasteiger partial charge in [0.15, 0.2) is 0 Å². The Balaban J connectivity index is 1.81. The second-order valence-electron chi connectivity index (χ2n) is 5.32. The minimum atomic E-state index is -1.15. The third kappa shape index (κ3) is 5.75. The number of hydrogen-bond donors (Lipinski definition) is 3. The summed E-state index contributed by atoms with van der Waals surface area (Å²) in [5.41, 5.74) is 1.44. The molecular weight excluding hydrogens is 323 g/mol. The van der Waals surface area contributed by atoms with E-state index in [1.165, 1.54) is 18.2 Å². The first kappa shape index (κ1) is 18.2. The summed E-state index contributed by atoms with van der Waals surface area (Å²) in [6, 6.07) is 12.1. The van der Waals surface area contributed by atoms with Gasteiger partial charge in [-0.25, -0.2) is 4.39 Å². The van der Waals surface area contributed by atoms with Gasteiger partial charge < -0.3 is 15.7 Å². The molecule has 2 amide bonds. The fourth-order valence-corrected chi connectivity index (χ4v) is 2.15. The van der Waals surface area contributed by atoms with Crippen molar-refractivity contribution in [1.29, 1.82) is 0 Å². The highest BCUT2D eigenvalue weighted by Crippen LogP contribution is 2.17. The first-order valence-electron chi connectivity index (χ1n) is 7.54. The van der Waals surface area contributed by atoms with Crippen LogP contribution in [0.5, 0.6) is 0 Å². The Morgan fingerprint density at radius 3 is 2.64 bits per heavy atom. The zero-order valence-corrected chi connectivity index (χ0v) is 13.3. The number of carbonyl (C=O) groups is 2. The average Bonchev–Trinajstić information content (AvgIpc) is 2.60. The van der Waals surface area contributed by atoms with E-state index in [2.05, 4.69) is 16.6 Å². The average molecular weight is 340 g/mol. The maximum Gasteiger partial charge on any atom is 0.243 e. The Hall–Kier alpha value is -3.17. The van der Waals surface area contributed by atoms with E-state index in [0.29, 0.717) is 16.8 Å². The van der Waals surface area contributed by atoms with E-state index in [1.807, 2.05) is 0 Å². The molecule has 2 aromatic rings. The summed E-state index contributed by atoms with van der Waals surface area (Å²) in [7, 11) is 0. The molecule has 5 nitrogen and oxygen atoms in total. The number of carbonyl (C=O) groups excluding carboxylic acids is 2. The molecule has 0 aromatic heterocycles. The van der Waals surface area contributed by atoms with Gasteiger partial charge in [-0.1, -0.05) is 24.1 Å². The highest BCUT2D eigenvalue weighted by atomic mass is 19.1. The molecule has 0 aliphatic heterocycles. The monoisotopic (exact) mass is 340 g/mol. The van der Waals surface area contributed by atoms with Crippen LogP contribution in [0.1, 0.15) is 23.7 Å². The smallest absolute Gasteiger partial charge is 0.243 e. The summed E-state index contributed by atoms with van der Waals surface area (Å²) in [5.74, 6) is 1.01. The maximum absolute atomic E-state index is 13.1. The molecule has 2 aromatic carbocycles. The van der Waals surface area contributed by atoms with E-state index in [9.17, 15) is 19.1 Å². The second kappa shape index (κ2) is 8.62. The minimum Gasteiger partial charge on any atom is -0.388 e. The molecule has 6 heteroatoms. The normalized spacial score (nSPS) is 11.2. The summed E-state index contributed by atoms with van der Waals surface area (Å²) in [6.07, 6.45) is 3.86. The van der Waals surface area contributed by atoms with Crippen LogP contribution >= 0.6 is 0 Å². The largest absolute Gasteiger partial charge is 0.388 e. The number of hydrogen-bond acceptors (Lipinski definition) is 3. The Bertz CT molecular complexity index is 814. The summed E-state index contributed by atoms with van der Waals surface area (Å²) in [4.78, 5) is 23.6. The summed E-state index contributed by atoms with van der Waals surface area (Å²) >= 11 is 0. The minimum absolute atomic E-state index is 0.255. The molecule has 0 bridgehead atoms. The van der Waals surface area contributed by atoms with Gasteiger partial charge in [-0.05, 0) is 35.9 Å². The van der Waals surface area contributed by atoms with E-state index in [4.69, 9.17) is 6.42 Å². The van der Waals surface area contributed by atoms with Crippen molar-refractivity contribution in [2.45, 2.75) is 12.5 Å². The lowest BCUT2D eigenvalue weighted by Crippen LogP contribution is -2.33. The lowest BCUT2D eigenvalue weighted by atomic mass is 10.1. The Morgan fingerprint density at radius 1 is 1.16 bits per heavy atom. The molecule has 1 unspecified atom stereocenters. The predicted molar refractivity (Wildman–Crippen MR) is 92.0 cm³/mol. The number of anilines is 1. The number of nitrogens with one attached hydrogen (secondary N) is 2. The van der Waals surface area contributed by atoms with E-state index in [0.717, 1.165) is 6.07 Å². The molecule has 0 radical (unpaired) electrons. The highest BCUT2D eigenvalue weighted by molar-refractivity contribution is 5.94. The topological polar surface area (TPSA) is 78.4 Å². The van der Waals surface area contributed by atoms with Crippen molar-refractivity contribution in [3.05, 3.63) is 65.5 Å². The van der Waals surface area contributed by atoms with Crippen LogP contribution in [-0.2, 0) is 9.59 Å². The van der Waals surface area contributed by atoms with Crippen molar-refractivity contribution < 1.29 is 19.1 Å². The van der Waals surface area contributed by atoms with Crippen molar-refractivity contribution in [3.63, 3.8) is 0 Å². The SMILES string of the molecule is C#Cc1cccc(NC(=O)CNC(=O)CC(O)c2cccc(F)c2)c1. The van der Waals surface area contributed by atoms with Crippen LogP contribution in [0.15, 0.2) is 48.5 Å². The molecular formula is C19H17FN2O3. The van der Waals surface area contributed by atoms with Crippen molar-refractivity contribution >= 4 is 17.5 Å². The van der Waals surface area contributed by atoms with Gasteiger partial charge in [-0.3, -0.25) is 9.59 Å². The molecule has 0 aliphatic rings. The van der Waals surface area contributed by atoms with Crippen LogP contribution in [-0.4, -0.2) is 23.5 Å². The van der Waals surface area contributed by atoms with Gasteiger partial charge in [0, 0.05) is 11.3 Å². The standard InChI is InChI=1S/C19H17FN2O3/c1-2-13-5-3-8-16(9-13)22-19(25)12-21-18(24)11-17(23)14-6-4-7-15(20)10-14/h1,3-10,17,23H,11-12H2,(H,21,24)(H,22,25). The zero-order chi connectivity index (χ0) is 18.2. The molecule has 0 heterocycles. The summed E-state index contributed by atoms with van der Waals surface area (Å²) in [6.45, 7) is -0.255. The second-order valence-corrected chi connectivity index (χ2v) is 5.32. The first-order valence-corrected chi connectivity index (χ1v) is 7.54. The van der Waals surface area contributed by atoms with Gasteiger partial charge in [0.05, 0.1) is 19.1 Å². The molecule has 0 spiro atoms. The quantitative estimate of drug-likeness (QED) is 0.704. The molecule has 1 atom stereocenters. The number of aliphatic hydroxyl groups excluding tert-OH is 1. The molecule has 2 rings (SSSR count). The summed E-state index contributed by atoms with van der Waals surface area (Å²) < 4.78 is 13.1. The zero-order valence-electron chi connectivity index (χ0n) is 13.3. The highest BCUT2D eigenvalue weighted by Gasteiger charge is 2.14. The van der Waals surface area contributed by atoms with Crippen molar-refractivity contribution in [3.8, 4) is 12.3 Å². The predicted octanol–water partition coefficient (Wildman–Crippen LogP) is 1.99. The number of terminal acetylenes is 1. The number of benzene rings is 2. The Morgan fingerprint density at radius 2 is 1.92 bits per heavy atom. The van der Waals surface area contributed by atoms with Crippen LogP contribution in [0.4, 0.5) is 10.1 Å². The van der Waals surface area contributed by atoms with Crippen LogP contribution in [0, 0.1) is 18.2 Å². The summed E-state index contributed by atoms with van der Waals surface area (Å²) in [5, 5.41) is 14.9. The Labute approximate surface area is 144 Å². The van der Waals surface area contributed by atoms with E-state index < -0.39 is 23.7 Å².